The number of fused-ring (bicyclic) bond motifs is 1. The van der Waals surface area contributed by atoms with E-state index in [-0.39, 0.29) is 5.69 Å². The van der Waals surface area contributed by atoms with Crippen molar-refractivity contribution in [2.75, 3.05) is 12.4 Å². The summed E-state index contributed by atoms with van der Waals surface area (Å²) < 4.78 is 3.24. The van der Waals surface area contributed by atoms with Gasteiger partial charge in [0.25, 0.3) is 0 Å². The number of imidazole rings is 1. The number of hydrogen-bond acceptors (Lipinski definition) is 3. The molecule has 2 heterocycles. The fourth-order valence-corrected chi connectivity index (χ4v) is 2.36. The molecule has 6 heteroatoms. The number of halogens is 1. The highest BCUT2D eigenvalue weighted by molar-refractivity contribution is 6.29. The minimum Gasteiger partial charge on any atom is -0.388 e. The van der Waals surface area contributed by atoms with E-state index in [2.05, 4.69) is 10.3 Å². The lowest BCUT2D eigenvalue weighted by Gasteiger charge is -2.04. The molecule has 0 amide bonds. The van der Waals surface area contributed by atoms with Crippen LogP contribution in [0.4, 0.5) is 5.69 Å². The number of anilines is 1. The Morgan fingerprint density at radius 1 is 1.20 bits per heavy atom. The van der Waals surface area contributed by atoms with E-state index in [1.54, 1.807) is 34.5 Å². The summed E-state index contributed by atoms with van der Waals surface area (Å²) in [6.07, 6.45) is 1.59. The first-order valence-corrected chi connectivity index (χ1v) is 6.51. The quantitative estimate of drug-likeness (QED) is 0.737. The number of hydrogen-bond donors (Lipinski definition) is 1. The van der Waals surface area contributed by atoms with Gasteiger partial charge in [0, 0.05) is 19.8 Å². The third kappa shape index (κ3) is 1.87. The van der Waals surface area contributed by atoms with E-state index in [4.69, 9.17) is 11.6 Å². The second-order valence-corrected chi connectivity index (χ2v) is 4.86. The van der Waals surface area contributed by atoms with Crippen molar-refractivity contribution in [2.45, 2.75) is 0 Å². The van der Waals surface area contributed by atoms with E-state index in [0.717, 1.165) is 16.7 Å². The van der Waals surface area contributed by atoms with Crippen LogP contribution >= 0.6 is 11.6 Å². The van der Waals surface area contributed by atoms with Crippen LogP contribution in [0, 0.1) is 0 Å². The number of nitrogens with one attached hydrogen (secondary N) is 1. The molecule has 2 aromatic heterocycles. The number of benzene rings is 1. The number of nitrogens with zero attached hydrogens (tertiary/aromatic N) is 3. The summed E-state index contributed by atoms with van der Waals surface area (Å²) in [5, 5.41) is 3.48. The van der Waals surface area contributed by atoms with E-state index in [0.29, 0.717) is 10.8 Å². The predicted molar refractivity (Wildman–Crippen MR) is 80.9 cm³/mol. The minimum absolute atomic E-state index is 0.114. The van der Waals surface area contributed by atoms with Gasteiger partial charge in [-0.05, 0) is 30.3 Å². The molecule has 102 valence electrons. The zero-order chi connectivity index (χ0) is 14.3. The van der Waals surface area contributed by atoms with Crippen molar-refractivity contribution in [1.29, 1.82) is 0 Å². The maximum atomic E-state index is 12.4. The highest BCUT2D eigenvalue weighted by Gasteiger charge is 2.12. The first-order valence-electron chi connectivity index (χ1n) is 6.13. The van der Waals surface area contributed by atoms with Crippen LogP contribution in [-0.2, 0) is 7.05 Å². The lowest BCUT2D eigenvalue weighted by atomic mass is 10.2. The first kappa shape index (κ1) is 12.7. The summed E-state index contributed by atoms with van der Waals surface area (Å²) in [5.74, 6) is 0. The highest BCUT2D eigenvalue weighted by atomic mass is 35.5. The summed E-state index contributed by atoms with van der Waals surface area (Å²) in [5.41, 5.74) is 3.21. The zero-order valence-electron chi connectivity index (χ0n) is 11.1. The molecule has 1 aromatic carbocycles. The van der Waals surface area contributed by atoms with E-state index in [9.17, 15) is 4.79 Å². The third-order valence-electron chi connectivity index (χ3n) is 3.31. The van der Waals surface area contributed by atoms with Gasteiger partial charge in [-0.15, -0.1) is 0 Å². The van der Waals surface area contributed by atoms with Gasteiger partial charge in [0.05, 0.1) is 22.9 Å². The molecule has 1 N–H and O–H groups in total. The van der Waals surface area contributed by atoms with E-state index >= 15 is 0 Å². The Bertz CT molecular complexity index is 833. The van der Waals surface area contributed by atoms with Crippen LogP contribution < -0.4 is 11.0 Å². The topological polar surface area (TPSA) is 51.9 Å². The third-order valence-corrected chi connectivity index (χ3v) is 3.54. The van der Waals surface area contributed by atoms with Crippen molar-refractivity contribution in [3.05, 3.63) is 52.2 Å². The molecular weight excluding hydrogens is 276 g/mol. The van der Waals surface area contributed by atoms with E-state index < -0.39 is 0 Å². The van der Waals surface area contributed by atoms with Crippen molar-refractivity contribution in [3.63, 3.8) is 0 Å². The molecule has 0 atom stereocenters. The Kier molecular flexibility index (Phi) is 2.99. The molecule has 20 heavy (non-hydrogen) atoms. The molecule has 0 spiro atoms. The monoisotopic (exact) mass is 288 g/mol. The standard InChI is InChI=1S/C14H13ClN4O/c1-16-9-3-5-11-12(7-9)19(14(20)18(11)2)10-4-6-13(15)17-8-10/h3-8,16H,1-2H3. The SMILES string of the molecule is CNc1ccc2c(c1)n(-c1ccc(Cl)nc1)c(=O)n2C. The molecule has 3 rings (SSSR count). The fraction of sp³-hybridized carbons (Fsp3) is 0.143. The van der Waals surface area contributed by atoms with Crippen LogP contribution in [0.15, 0.2) is 41.3 Å². The summed E-state index contributed by atoms with van der Waals surface area (Å²) in [4.78, 5) is 16.5. The van der Waals surface area contributed by atoms with Crippen LogP contribution in [0.2, 0.25) is 5.15 Å². The first-order chi connectivity index (χ1) is 9.61. The van der Waals surface area contributed by atoms with Crippen LogP contribution in [0.3, 0.4) is 0 Å². The molecule has 0 unspecified atom stereocenters. The largest absolute Gasteiger partial charge is 0.388 e. The fourth-order valence-electron chi connectivity index (χ4n) is 2.25. The molecule has 0 bridgehead atoms. The number of rotatable bonds is 2. The lowest BCUT2D eigenvalue weighted by Crippen LogP contribution is -2.20. The lowest BCUT2D eigenvalue weighted by molar-refractivity contribution is 0.844. The maximum absolute atomic E-state index is 12.4. The van der Waals surface area contributed by atoms with E-state index in [1.807, 2.05) is 25.2 Å². The van der Waals surface area contributed by atoms with Gasteiger partial charge in [-0.25, -0.2) is 9.78 Å². The van der Waals surface area contributed by atoms with Crippen molar-refractivity contribution < 1.29 is 0 Å². The molecule has 0 aliphatic rings. The van der Waals surface area contributed by atoms with Crippen LogP contribution in [0.1, 0.15) is 0 Å². The number of aryl methyl sites for hydroxylation is 1. The van der Waals surface area contributed by atoms with Crippen molar-refractivity contribution >= 4 is 28.3 Å². The molecule has 0 saturated carbocycles. The molecule has 0 aliphatic heterocycles. The molecule has 0 aliphatic carbocycles. The van der Waals surface area contributed by atoms with Crippen LogP contribution in [0.25, 0.3) is 16.7 Å². The summed E-state index contributed by atoms with van der Waals surface area (Å²) in [6.45, 7) is 0. The van der Waals surface area contributed by atoms with Crippen molar-refractivity contribution in [1.82, 2.24) is 14.1 Å². The Morgan fingerprint density at radius 2 is 2.00 bits per heavy atom. The predicted octanol–water partition coefficient (Wildman–Crippen LogP) is 2.42. The van der Waals surface area contributed by atoms with Crippen molar-refractivity contribution in [3.8, 4) is 5.69 Å². The second kappa shape index (κ2) is 4.68. The van der Waals surface area contributed by atoms with Gasteiger partial charge in [0.15, 0.2) is 0 Å². The van der Waals surface area contributed by atoms with Crippen LogP contribution in [-0.4, -0.2) is 21.2 Å². The Morgan fingerprint density at radius 3 is 2.65 bits per heavy atom. The molecule has 5 nitrogen and oxygen atoms in total. The van der Waals surface area contributed by atoms with E-state index in [1.165, 1.54) is 0 Å². The van der Waals surface area contributed by atoms with Gasteiger partial charge in [-0.2, -0.15) is 0 Å². The summed E-state index contributed by atoms with van der Waals surface area (Å²) in [6, 6.07) is 9.24. The molecule has 0 fully saturated rings. The Balaban J connectivity index is 2.36. The smallest absolute Gasteiger partial charge is 0.333 e. The van der Waals surface area contributed by atoms with Gasteiger partial charge in [-0.3, -0.25) is 9.13 Å². The van der Waals surface area contributed by atoms with Crippen LogP contribution in [0.5, 0.6) is 0 Å². The van der Waals surface area contributed by atoms with Gasteiger partial charge in [0.1, 0.15) is 5.15 Å². The van der Waals surface area contributed by atoms with Gasteiger partial charge in [0.2, 0.25) is 0 Å². The number of aromatic nitrogens is 3. The molecule has 3 aromatic rings. The van der Waals surface area contributed by atoms with Gasteiger partial charge < -0.3 is 5.32 Å². The number of pyridine rings is 1. The zero-order valence-corrected chi connectivity index (χ0v) is 11.8. The normalized spacial score (nSPS) is 10.9. The Hall–Kier alpha value is -2.27. The second-order valence-electron chi connectivity index (χ2n) is 4.47. The summed E-state index contributed by atoms with van der Waals surface area (Å²) >= 11 is 5.80. The van der Waals surface area contributed by atoms with Gasteiger partial charge in [-0.1, -0.05) is 11.6 Å². The average molecular weight is 289 g/mol. The van der Waals surface area contributed by atoms with Crippen molar-refractivity contribution in [2.24, 2.45) is 7.05 Å². The maximum Gasteiger partial charge on any atom is 0.333 e. The minimum atomic E-state index is -0.114. The molecule has 0 radical (unpaired) electrons. The summed E-state index contributed by atoms with van der Waals surface area (Å²) in [7, 11) is 3.60. The van der Waals surface area contributed by atoms with Gasteiger partial charge >= 0.3 is 5.69 Å². The molecular formula is C14H13ClN4O. The highest BCUT2D eigenvalue weighted by Crippen LogP contribution is 2.21. The average Bonchev–Trinajstić information content (AvgIpc) is 2.72. The Labute approximate surface area is 120 Å². The molecule has 0 saturated heterocycles.